The van der Waals surface area contributed by atoms with Gasteiger partial charge in [-0.05, 0) is 24.7 Å². The normalized spacial score (nSPS) is 11.5. The molecule has 0 fully saturated rings. The monoisotopic (exact) mass is 314 g/mol. The van der Waals surface area contributed by atoms with E-state index in [9.17, 15) is 4.79 Å². The van der Waals surface area contributed by atoms with Crippen LogP contribution < -0.4 is 0 Å². The van der Waals surface area contributed by atoms with E-state index in [2.05, 4.69) is 27.7 Å². The lowest BCUT2D eigenvalue weighted by molar-refractivity contribution is 0.0527. The Morgan fingerprint density at radius 1 is 0.727 bits per heavy atom. The summed E-state index contributed by atoms with van der Waals surface area (Å²) in [7, 11) is 0. The maximum atomic E-state index is 11.4. The predicted molar refractivity (Wildman–Crippen MR) is 93.2 cm³/mol. The lowest BCUT2D eigenvalue weighted by Gasteiger charge is -2.17. The Balaban J connectivity index is 3.23. The molecule has 0 rings (SSSR count). The van der Waals surface area contributed by atoms with Crippen molar-refractivity contribution in [2.45, 2.75) is 98.3 Å². The van der Waals surface area contributed by atoms with Crippen LogP contribution >= 0.6 is 0 Å². The second-order valence-corrected chi connectivity index (χ2v) is 7.44. The van der Waals surface area contributed by atoms with Crippen molar-refractivity contribution in [3.8, 4) is 0 Å². The Bertz CT molecular complexity index is 256. The largest absolute Gasteiger partial charge is 0.508 e. The van der Waals surface area contributed by atoms with Crippen LogP contribution in [0.25, 0.3) is 0 Å². The molecule has 0 aromatic rings. The van der Waals surface area contributed by atoms with Gasteiger partial charge >= 0.3 is 6.16 Å². The van der Waals surface area contributed by atoms with Gasteiger partial charge in [-0.1, -0.05) is 79.1 Å². The Kier molecular flexibility index (Phi) is 13.4. The highest BCUT2D eigenvalue weighted by Gasteiger charge is 2.09. The number of hydrogen-bond donors (Lipinski definition) is 0. The van der Waals surface area contributed by atoms with Crippen molar-refractivity contribution in [1.82, 2.24) is 0 Å². The molecule has 3 heteroatoms. The molecular weight excluding hydrogens is 276 g/mol. The van der Waals surface area contributed by atoms with E-state index in [0.29, 0.717) is 18.6 Å². The molecule has 0 saturated carbocycles. The summed E-state index contributed by atoms with van der Waals surface area (Å²) in [6.45, 7) is 9.97. The predicted octanol–water partition coefficient (Wildman–Crippen LogP) is 6.50. The molecule has 132 valence electrons. The lowest BCUT2D eigenvalue weighted by atomic mass is 9.89. The highest BCUT2D eigenvalue weighted by Crippen LogP contribution is 2.21. The van der Waals surface area contributed by atoms with Crippen molar-refractivity contribution in [1.29, 1.82) is 0 Å². The van der Waals surface area contributed by atoms with E-state index in [-0.39, 0.29) is 0 Å². The minimum absolute atomic E-state index is 0.399. The molecule has 0 aromatic carbocycles. The van der Waals surface area contributed by atoms with Gasteiger partial charge in [-0.25, -0.2) is 4.79 Å². The third-order valence-corrected chi connectivity index (χ3v) is 3.76. The Hall–Kier alpha value is -0.730. The highest BCUT2D eigenvalue weighted by molar-refractivity contribution is 5.59. The molecule has 0 spiro atoms. The van der Waals surface area contributed by atoms with Crippen LogP contribution in [0.15, 0.2) is 0 Å². The average molecular weight is 315 g/mol. The zero-order valence-electron chi connectivity index (χ0n) is 15.4. The maximum Gasteiger partial charge on any atom is 0.508 e. The molecule has 0 heterocycles. The quantitative estimate of drug-likeness (QED) is 0.287. The topological polar surface area (TPSA) is 35.5 Å². The Morgan fingerprint density at radius 2 is 1.18 bits per heavy atom. The van der Waals surface area contributed by atoms with Crippen molar-refractivity contribution in [3.63, 3.8) is 0 Å². The van der Waals surface area contributed by atoms with E-state index in [1.165, 1.54) is 44.9 Å². The first-order valence-corrected chi connectivity index (χ1v) is 9.25. The first-order chi connectivity index (χ1) is 10.5. The van der Waals surface area contributed by atoms with Crippen molar-refractivity contribution in [3.05, 3.63) is 0 Å². The summed E-state index contributed by atoms with van der Waals surface area (Å²) >= 11 is 0. The molecule has 22 heavy (non-hydrogen) atoms. The molecule has 3 nitrogen and oxygen atoms in total. The first-order valence-electron chi connectivity index (χ1n) is 9.25. The van der Waals surface area contributed by atoms with Crippen LogP contribution in [-0.2, 0) is 9.47 Å². The smallest absolute Gasteiger partial charge is 0.434 e. The third-order valence-electron chi connectivity index (χ3n) is 3.76. The summed E-state index contributed by atoms with van der Waals surface area (Å²) in [6, 6.07) is 0. The molecule has 0 atom stereocenters. The van der Waals surface area contributed by atoms with Crippen LogP contribution in [0, 0.1) is 5.41 Å². The maximum absolute atomic E-state index is 11.4. The van der Waals surface area contributed by atoms with Gasteiger partial charge in [0.15, 0.2) is 0 Å². The molecule has 0 radical (unpaired) electrons. The van der Waals surface area contributed by atoms with Crippen molar-refractivity contribution >= 4 is 6.16 Å². The lowest BCUT2D eigenvalue weighted by Crippen LogP contribution is -2.10. The third kappa shape index (κ3) is 17.3. The molecule has 0 aromatic heterocycles. The fourth-order valence-electron chi connectivity index (χ4n) is 2.35. The zero-order valence-corrected chi connectivity index (χ0v) is 15.4. The molecule has 0 aliphatic carbocycles. The van der Waals surface area contributed by atoms with Gasteiger partial charge < -0.3 is 9.47 Å². The van der Waals surface area contributed by atoms with Crippen molar-refractivity contribution in [2.75, 3.05) is 13.2 Å². The van der Waals surface area contributed by atoms with E-state index in [1.807, 2.05) is 0 Å². The second-order valence-electron chi connectivity index (χ2n) is 7.44. The standard InChI is InChI=1S/C19H38O3/c1-5-6-7-8-9-10-13-16-21-18(20)22-17-14-11-12-15-19(2,3)4/h5-17H2,1-4H3. The van der Waals surface area contributed by atoms with Gasteiger partial charge in [0, 0.05) is 0 Å². The molecule has 0 aliphatic heterocycles. The van der Waals surface area contributed by atoms with E-state index in [0.717, 1.165) is 25.7 Å². The summed E-state index contributed by atoms with van der Waals surface area (Å²) in [5, 5.41) is 0. The molecule has 0 amide bonds. The van der Waals surface area contributed by atoms with Crippen LogP contribution in [0.3, 0.4) is 0 Å². The van der Waals surface area contributed by atoms with Crippen LogP contribution in [0.5, 0.6) is 0 Å². The van der Waals surface area contributed by atoms with Gasteiger partial charge in [0.1, 0.15) is 0 Å². The van der Waals surface area contributed by atoms with Gasteiger partial charge in [-0.2, -0.15) is 0 Å². The van der Waals surface area contributed by atoms with Crippen LogP contribution in [0.1, 0.15) is 98.3 Å². The number of carbonyl (C=O) groups excluding carboxylic acids is 1. The molecule has 0 bridgehead atoms. The average Bonchev–Trinajstić information content (AvgIpc) is 2.44. The summed E-state index contributed by atoms with van der Waals surface area (Å²) in [4.78, 5) is 11.4. The minimum atomic E-state index is -0.498. The van der Waals surface area contributed by atoms with Gasteiger partial charge in [0.05, 0.1) is 13.2 Å². The number of carbonyl (C=O) groups is 1. The summed E-state index contributed by atoms with van der Waals surface area (Å²) < 4.78 is 10.1. The Morgan fingerprint density at radius 3 is 1.68 bits per heavy atom. The molecular formula is C19H38O3. The second kappa shape index (κ2) is 13.9. The molecule has 0 aliphatic rings. The minimum Gasteiger partial charge on any atom is -0.434 e. The fraction of sp³-hybridized carbons (Fsp3) is 0.947. The van der Waals surface area contributed by atoms with Gasteiger partial charge in [0.25, 0.3) is 0 Å². The van der Waals surface area contributed by atoms with E-state index < -0.39 is 6.16 Å². The Labute approximate surface area is 138 Å². The van der Waals surface area contributed by atoms with E-state index >= 15 is 0 Å². The summed E-state index contributed by atoms with van der Waals surface area (Å²) in [5.74, 6) is 0. The SMILES string of the molecule is CCCCCCCCCOC(=O)OCCCCCC(C)(C)C. The number of hydrogen-bond acceptors (Lipinski definition) is 3. The zero-order chi connectivity index (χ0) is 16.7. The number of ether oxygens (including phenoxy) is 2. The summed E-state index contributed by atoms with van der Waals surface area (Å²) in [6.07, 6.45) is 12.5. The molecule has 0 unspecified atom stereocenters. The van der Waals surface area contributed by atoms with Gasteiger partial charge in [-0.3, -0.25) is 0 Å². The van der Waals surface area contributed by atoms with Crippen molar-refractivity contribution < 1.29 is 14.3 Å². The first kappa shape index (κ1) is 21.3. The van der Waals surface area contributed by atoms with Gasteiger partial charge in [0.2, 0.25) is 0 Å². The van der Waals surface area contributed by atoms with Gasteiger partial charge in [-0.15, -0.1) is 0 Å². The number of unbranched alkanes of at least 4 members (excludes halogenated alkanes) is 8. The van der Waals surface area contributed by atoms with Crippen LogP contribution in [-0.4, -0.2) is 19.4 Å². The van der Waals surface area contributed by atoms with Crippen molar-refractivity contribution in [2.24, 2.45) is 5.41 Å². The van der Waals surface area contributed by atoms with Crippen LogP contribution in [0.4, 0.5) is 4.79 Å². The van der Waals surface area contributed by atoms with E-state index in [4.69, 9.17) is 9.47 Å². The highest BCUT2D eigenvalue weighted by atomic mass is 16.7. The fourth-order valence-corrected chi connectivity index (χ4v) is 2.35. The molecule has 0 N–H and O–H groups in total. The number of rotatable bonds is 13. The van der Waals surface area contributed by atoms with Crippen LogP contribution in [0.2, 0.25) is 0 Å². The summed E-state index contributed by atoms with van der Waals surface area (Å²) in [5.41, 5.74) is 0.399. The molecule has 0 saturated heterocycles. The van der Waals surface area contributed by atoms with E-state index in [1.54, 1.807) is 0 Å².